The Morgan fingerprint density at radius 1 is 1.56 bits per heavy atom. The zero-order valence-corrected chi connectivity index (χ0v) is 6.24. The van der Waals surface area contributed by atoms with Crippen molar-refractivity contribution in [3.63, 3.8) is 0 Å². The molecular formula is C6H10O2S. The average molecular weight is 146 g/mol. The Hall–Kier alpha value is -0.310. The monoisotopic (exact) mass is 146 g/mol. The third-order valence-corrected chi connectivity index (χ3v) is 2.79. The van der Waals surface area contributed by atoms with Crippen molar-refractivity contribution >= 4 is 9.84 Å². The van der Waals surface area contributed by atoms with Crippen LogP contribution >= 0.6 is 0 Å². The Bertz CT molecular complexity index is 221. The topological polar surface area (TPSA) is 34.1 Å². The van der Waals surface area contributed by atoms with Gasteiger partial charge in [-0.2, -0.15) is 0 Å². The molecule has 1 fully saturated rings. The normalized spacial score (nSPS) is 19.7. The molecule has 0 amide bonds. The van der Waals surface area contributed by atoms with Gasteiger partial charge in [0.1, 0.15) is 0 Å². The third kappa shape index (κ3) is 1.55. The number of hydrogen-bond acceptors (Lipinski definition) is 2. The van der Waals surface area contributed by atoms with Crippen molar-refractivity contribution in [3.05, 3.63) is 11.5 Å². The van der Waals surface area contributed by atoms with Crippen LogP contribution < -0.4 is 0 Å². The number of allylic oxidation sites excluding steroid dienone is 1. The van der Waals surface area contributed by atoms with E-state index in [2.05, 4.69) is 6.58 Å². The molecule has 1 rings (SSSR count). The lowest BCUT2D eigenvalue weighted by Crippen LogP contribution is -2.00. The maximum Gasteiger partial charge on any atom is 0.171 e. The Kier molecular flexibility index (Phi) is 1.39. The summed E-state index contributed by atoms with van der Waals surface area (Å²) in [4.78, 5) is 0.419. The van der Waals surface area contributed by atoms with Crippen molar-refractivity contribution in [3.8, 4) is 0 Å². The van der Waals surface area contributed by atoms with Crippen LogP contribution in [-0.2, 0) is 9.84 Å². The summed E-state index contributed by atoms with van der Waals surface area (Å²) in [6, 6.07) is 0. The van der Waals surface area contributed by atoms with Crippen LogP contribution in [0.3, 0.4) is 0 Å². The Labute approximate surface area is 55.5 Å². The molecule has 0 atom stereocenters. The third-order valence-electron chi connectivity index (χ3n) is 1.51. The van der Waals surface area contributed by atoms with Crippen LogP contribution in [0.15, 0.2) is 11.5 Å². The maximum atomic E-state index is 10.7. The molecule has 0 saturated heterocycles. The van der Waals surface area contributed by atoms with E-state index in [4.69, 9.17) is 0 Å². The molecule has 1 saturated carbocycles. The summed E-state index contributed by atoms with van der Waals surface area (Å²) in [7, 11) is -2.93. The van der Waals surface area contributed by atoms with E-state index < -0.39 is 9.84 Å². The molecule has 0 aromatic carbocycles. The summed E-state index contributed by atoms with van der Waals surface area (Å²) in [6.07, 6.45) is 3.23. The second kappa shape index (κ2) is 1.84. The fourth-order valence-corrected chi connectivity index (χ4v) is 1.55. The molecule has 0 unspecified atom stereocenters. The van der Waals surface area contributed by atoms with Gasteiger partial charge in [-0.1, -0.05) is 6.58 Å². The Morgan fingerprint density at radius 2 is 2.00 bits per heavy atom. The predicted molar refractivity (Wildman–Crippen MR) is 36.7 cm³/mol. The second-order valence-electron chi connectivity index (χ2n) is 2.51. The smallest absolute Gasteiger partial charge is 0.171 e. The molecule has 1 aliphatic carbocycles. The van der Waals surface area contributed by atoms with Gasteiger partial charge >= 0.3 is 0 Å². The molecule has 1 aliphatic rings. The van der Waals surface area contributed by atoms with Gasteiger partial charge in [-0.15, -0.1) is 0 Å². The first kappa shape index (κ1) is 6.81. The summed E-state index contributed by atoms with van der Waals surface area (Å²) in [5, 5.41) is 0. The van der Waals surface area contributed by atoms with E-state index in [0.29, 0.717) is 4.91 Å². The lowest BCUT2D eigenvalue weighted by Gasteiger charge is -1.96. The van der Waals surface area contributed by atoms with Gasteiger partial charge in [0.05, 0.1) is 0 Å². The summed E-state index contributed by atoms with van der Waals surface area (Å²) in [5.41, 5.74) is 0. The zero-order valence-electron chi connectivity index (χ0n) is 5.42. The fourth-order valence-electron chi connectivity index (χ4n) is 0.708. The molecule has 0 heterocycles. The number of rotatable bonds is 2. The SMILES string of the molecule is C=C(C1CC1)S(C)(=O)=O. The average Bonchev–Trinajstić information content (AvgIpc) is 2.40. The molecule has 0 aromatic rings. The van der Waals surface area contributed by atoms with E-state index in [1.165, 1.54) is 6.26 Å². The molecule has 0 aliphatic heterocycles. The van der Waals surface area contributed by atoms with E-state index in [1.807, 2.05) is 0 Å². The fraction of sp³-hybridized carbons (Fsp3) is 0.667. The lowest BCUT2D eigenvalue weighted by atomic mass is 10.4. The van der Waals surface area contributed by atoms with E-state index in [1.54, 1.807) is 0 Å². The Balaban J connectivity index is 2.73. The minimum Gasteiger partial charge on any atom is -0.224 e. The first-order valence-corrected chi connectivity index (χ1v) is 4.80. The van der Waals surface area contributed by atoms with Gasteiger partial charge in [0.25, 0.3) is 0 Å². The van der Waals surface area contributed by atoms with E-state index >= 15 is 0 Å². The largest absolute Gasteiger partial charge is 0.224 e. The van der Waals surface area contributed by atoms with Gasteiger partial charge in [0, 0.05) is 11.2 Å². The van der Waals surface area contributed by atoms with Gasteiger partial charge in [-0.05, 0) is 18.8 Å². The van der Waals surface area contributed by atoms with Crippen molar-refractivity contribution in [1.29, 1.82) is 0 Å². The van der Waals surface area contributed by atoms with Crippen molar-refractivity contribution in [1.82, 2.24) is 0 Å². The second-order valence-corrected chi connectivity index (χ2v) is 4.58. The minimum absolute atomic E-state index is 0.278. The quantitative estimate of drug-likeness (QED) is 0.581. The van der Waals surface area contributed by atoms with Crippen molar-refractivity contribution in [2.45, 2.75) is 12.8 Å². The summed E-state index contributed by atoms with van der Waals surface area (Å²) < 4.78 is 21.4. The van der Waals surface area contributed by atoms with E-state index in [-0.39, 0.29) is 5.92 Å². The van der Waals surface area contributed by atoms with Gasteiger partial charge < -0.3 is 0 Å². The van der Waals surface area contributed by atoms with Crippen molar-refractivity contribution in [2.75, 3.05) is 6.26 Å². The van der Waals surface area contributed by atoms with Gasteiger partial charge in [-0.3, -0.25) is 0 Å². The van der Waals surface area contributed by atoms with Crippen molar-refractivity contribution in [2.24, 2.45) is 5.92 Å². The van der Waals surface area contributed by atoms with E-state index in [0.717, 1.165) is 12.8 Å². The van der Waals surface area contributed by atoms with Crippen molar-refractivity contribution < 1.29 is 8.42 Å². The van der Waals surface area contributed by atoms with Gasteiger partial charge in [0.15, 0.2) is 9.84 Å². The Morgan fingerprint density at radius 3 is 2.11 bits per heavy atom. The molecule has 0 spiro atoms. The molecule has 2 nitrogen and oxygen atoms in total. The van der Waals surface area contributed by atoms with Crippen LogP contribution in [0.4, 0.5) is 0 Å². The molecule has 0 radical (unpaired) electrons. The molecule has 3 heteroatoms. The van der Waals surface area contributed by atoms with Crippen LogP contribution in [0, 0.1) is 5.92 Å². The van der Waals surface area contributed by atoms with Gasteiger partial charge in [0.2, 0.25) is 0 Å². The first-order valence-electron chi connectivity index (χ1n) is 2.90. The standard InChI is InChI=1S/C6H10O2S/c1-5(6-3-4-6)9(2,7)8/h6H,1,3-4H2,2H3. The lowest BCUT2D eigenvalue weighted by molar-refractivity contribution is 0.605. The molecule has 0 N–H and O–H groups in total. The van der Waals surface area contributed by atoms with Crippen LogP contribution in [0.25, 0.3) is 0 Å². The highest BCUT2D eigenvalue weighted by atomic mass is 32.2. The van der Waals surface area contributed by atoms with Gasteiger partial charge in [-0.25, -0.2) is 8.42 Å². The predicted octanol–water partition coefficient (Wildman–Crippen LogP) is 0.955. The number of hydrogen-bond donors (Lipinski definition) is 0. The maximum absolute atomic E-state index is 10.7. The van der Waals surface area contributed by atoms with Crippen LogP contribution in [-0.4, -0.2) is 14.7 Å². The zero-order chi connectivity index (χ0) is 7.07. The summed E-state index contributed by atoms with van der Waals surface area (Å²) >= 11 is 0. The summed E-state index contributed by atoms with van der Waals surface area (Å²) in [5.74, 6) is 0.278. The molecule has 0 aromatic heterocycles. The highest BCUT2D eigenvalue weighted by Crippen LogP contribution is 2.37. The van der Waals surface area contributed by atoms with Crippen LogP contribution in [0.2, 0.25) is 0 Å². The molecule has 52 valence electrons. The van der Waals surface area contributed by atoms with E-state index in [9.17, 15) is 8.42 Å². The first-order chi connectivity index (χ1) is 4.02. The van der Waals surface area contributed by atoms with Crippen LogP contribution in [0.5, 0.6) is 0 Å². The molecule has 9 heavy (non-hydrogen) atoms. The van der Waals surface area contributed by atoms with Crippen LogP contribution in [0.1, 0.15) is 12.8 Å². The highest BCUT2D eigenvalue weighted by molar-refractivity contribution is 7.94. The minimum atomic E-state index is -2.93. The summed E-state index contributed by atoms with van der Waals surface area (Å²) in [6.45, 7) is 3.50. The molecular weight excluding hydrogens is 136 g/mol. The highest BCUT2D eigenvalue weighted by Gasteiger charge is 2.29. The number of sulfone groups is 1. The molecule has 0 bridgehead atoms.